The molecule has 0 amide bonds. The molecule has 14 heavy (non-hydrogen) atoms. The van der Waals surface area contributed by atoms with E-state index < -0.39 is 0 Å². The van der Waals surface area contributed by atoms with Gasteiger partial charge in [-0.1, -0.05) is 0 Å². The summed E-state index contributed by atoms with van der Waals surface area (Å²) in [6.45, 7) is 0. The van der Waals surface area contributed by atoms with E-state index in [0.717, 1.165) is 5.69 Å². The number of aromatic hydroxyl groups is 1. The molecule has 0 aliphatic heterocycles. The third kappa shape index (κ3) is 2.95. The number of hydrogen-bond donors (Lipinski definition) is 1. The van der Waals surface area contributed by atoms with E-state index in [-0.39, 0.29) is 29.7 Å². The van der Waals surface area contributed by atoms with Crippen molar-refractivity contribution in [3.63, 3.8) is 0 Å². The number of benzene rings is 1. The van der Waals surface area contributed by atoms with Gasteiger partial charge in [0.2, 0.25) is 0 Å². The third-order valence-electron chi connectivity index (χ3n) is 1.91. The Morgan fingerprint density at radius 3 is 2.29 bits per heavy atom. The fourth-order valence-corrected chi connectivity index (χ4v) is 1.05. The van der Waals surface area contributed by atoms with Crippen molar-refractivity contribution in [1.29, 1.82) is 0 Å². The van der Waals surface area contributed by atoms with Gasteiger partial charge in [0.05, 0.1) is 26.7 Å². The zero-order valence-electron chi connectivity index (χ0n) is 8.49. The van der Waals surface area contributed by atoms with Crippen LogP contribution < -0.4 is 28.5 Å². The van der Waals surface area contributed by atoms with E-state index in [9.17, 15) is 9.90 Å². The fourth-order valence-electron chi connectivity index (χ4n) is 1.05. The van der Waals surface area contributed by atoms with Crippen LogP contribution in [0.25, 0.3) is 0 Å². The van der Waals surface area contributed by atoms with Crippen LogP contribution in [-0.2, 0) is 0 Å². The van der Waals surface area contributed by atoms with Crippen LogP contribution in [-0.4, -0.2) is 32.5 Å². The highest BCUT2D eigenvalue weighted by molar-refractivity contribution is 5.81. The van der Waals surface area contributed by atoms with Crippen molar-refractivity contribution >= 4 is 12.0 Å². The molecule has 0 saturated carbocycles. The van der Waals surface area contributed by atoms with E-state index in [1.165, 1.54) is 0 Å². The van der Waals surface area contributed by atoms with Crippen molar-refractivity contribution in [3.05, 3.63) is 23.8 Å². The van der Waals surface area contributed by atoms with Crippen LogP contribution in [0.2, 0.25) is 0 Å². The maximum atomic E-state index is 10.5. The van der Waals surface area contributed by atoms with Gasteiger partial charge in [0.15, 0.2) is 6.29 Å². The average molecular weight is 307 g/mol. The van der Waals surface area contributed by atoms with E-state index in [2.05, 4.69) is 0 Å². The molecule has 4 heteroatoms. The minimum atomic E-state index is 0. The summed E-state index contributed by atoms with van der Waals surface area (Å²) >= 11 is 0. The van der Waals surface area contributed by atoms with Gasteiger partial charge >= 0.3 is 0 Å². The minimum absolute atomic E-state index is 0. The van der Waals surface area contributed by atoms with Crippen molar-refractivity contribution in [2.75, 3.05) is 21.1 Å². The fraction of sp³-hybridized carbons (Fsp3) is 0.300. The number of carbonyl (C=O) groups excluding carboxylic acids is 1. The van der Waals surface area contributed by atoms with Crippen LogP contribution in [0.4, 0.5) is 5.69 Å². The average Bonchev–Trinajstić information content (AvgIpc) is 2.03. The maximum Gasteiger partial charge on any atom is 0.154 e. The highest BCUT2D eigenvalue weighted by Crippen LogP contribution is 2.23. The Labute approximate surface area is 101 Å². The van der Waals surface area contributed by atoms with E-state index >= 15 is 0 Å². The Kier molecular flexibility index (Phi) is 4.54. The first-order valence-electron chi connectivity index (χ1n) is 4.05. The number of nitrogens with zero attached hydrogens (tertiary/aromatic N) is 1. The van der Waals surface area contributed by atoms with Crippen LogP contribution in [0, 0.1) is 0 Å². The smallest absolute Gasteiger partial charge is 0.154 e. The Morgan fingerprint density at radius 1 is 1.29 bits per heavy atom. The summed E-state index contributed by atoms with van der Waals surface area (Å²) in [7, 11) is 6.00. The highest BCUT2D eigenvalue weighted by Gasteiger charge is 2.13. The van der Waals surface area contributed by atoms with E-state index in [4.69, 9.17) is 0 Å². The van der Waals surface area contributed by atoms with Crippen LogP contribution >= 0.6 is 0 Å². The molecule has 0 saturated heterocycles. The van der Waals surface area contributed by atoms with Gasteiger partial charge in [0.1, 0.15) is 11.4 Å². The lowest BCUT2D eigenvalue weighted by atomic mass is 10.2. The summed E-state index contributed by atoms with van der Waals surface area (Å²) in [5.41, 5.74) is 1.32. The van der Waals surface area contributed by atoms with Gasteiger partial charge in [0, 0.05) is 12.1 Å². The van der Waals surface area contributed by atoms with Crippen molar-refractivity contribution in [1.82, 2.24) is 4.48 Å². The molecule has 0 bridgehead atoms. The molecule has 0 aromatic heterocycles. The Bertz CT molecular complexity index is 331. The normalized spacial score (nSPS) is 10.5. The molecule has 0 atom stereocenters. The van der Waals surface area contributed by atoms with Crippen molar-refractivity contribution in [2.24, 2.45) is 0 Å². The lowest BCUT2D eigenvalue weighted by Crippen LogP contribution is -3.00. The third-order valence-corrected chi connectivity index (χ3v) is 1.91. The molecule has 1 N–H and O–H groups in total. The molecule has 0 spiro atoms. The zero-order chi connectivity index (χ0) is 10.1. The second-order valence-electron chi connectivity index (χ2n) is 3.87. The van der Waals surface area contributed by atoms with Crippen LogP contribution in [0.5, 0.6) is 5.75 Å². The molecule has 78 valence electrons. The van der Waals surface area contributed by atoms with Gasteiger partial charge in [-0.3, -0.25) is 9.28 Å². The van der Waals surface area contributed by atoms with E-state index in [1.807, 2.05) is 27.2 Å². The summed E-state index contributed by atoms with van der Waals surface area (Å²) < 4.78 is 0.626. The van der Waals surface area contributed by atoms with Crippen LogP contribution in [0.1, 0.15) is 10.4 Å². The van der Waals surface area contributed by atoms with Crippen LogP contribution in [0.3, 0.4) is 0 Å². The first-order chi connectivity index (χ1) is 5.95. The van der Waals surface area contributed by atoms with Gasteiger partial charge in [-0.25, -0.2) is 0 Å². The largest absolute Gasteiger partial charge is 1.00 e. The first-order valence-corrected chi connectivity index (χ1v) is 4.05. The molecular formula is C10H14INO2. The quantitative estimate of drug-likeness (QED) is 0.406. The molecule has 0 fully saturated rings. The van der Waals surface area contributed by atoms with E-state index in [1.54, 1.807) is 12.1 Å². The predicted molar refractivity (Wildman–Crippen MR) is 53.1 cm³/mol. The molecule has 1 rings (SSSR count). The SMILES string of the molecule is C[N+](C)(C)c1ccc(O)c(C=O)c1.[I-]. The van der Waals surface area contributed by atoms with Crippen molar-refractivity contribution in [2.45, 2.75) is 0 Å². The number of hydrogen-bond acceptors (Lipinski definition) is 2. The Hall–Kier alpha value is -0.620. The van der Waals surface area contributed by atoms with Crippen LogP contribution in [0.15, 0.2) is 18.2 Å². The summed E-state index contributed by atoms with van der Waals surface area (Å²) in [6, 6.07) is 5.05. The predicted octanol–water partition coefficient (Wildman–Crippen LogP) is -1.59. The molecular weight excluding hydrogens is 293 g/mol. The van der Waals surface area contributed by atoms with Crippen molar-refractivity contribution in [3.8, 4) is 5.75 Å². The van der Waals surface area contributed by atoms with Gasteiger partial charge in [-0.05, 0) is 6.07 Å². The molecule has 3 nitrogen and oxygen atoms in total. The van der Waals surface area contributed by atoms with Gasteiger partial charge < -0.3 is 29.1 Å². The summed E-state index contributed by atoms with van der Waals surface area (Å²) in [5.74, 6) is 0.0344. The van der Waals surface area contributed by atoms with Gasteiger partial charge in [-0.15, -0.1) is 0 Å². The highest BCUT2D eigenvalue weighted by atomic mass is 127. The minimum Gasteiger partial charge on any atom is -1.00 e. The Morgan fingerprint density at radius 2 is 1.86 bits per heavy atom. The molecule has 0 unspecified atom stereocenters. The number of halogens is 1. The molecule has 0 aliphatic carbocycles. The number of phenolic OH excluding ortho intramolecular Hbond substituents is 1. The molecule has 0 radical (unpaired) electrons. The summed E-state index contributed by atoms with van der Waals surface area (Å²) in [5, 5.41) is 9.26. The van der Waals surface area contributed by atoms with Crippen molar-refractivity contribution < 1.29 is 33.9 Å². The van der Waals surface area contributed by atoms with Gasteiger partial charge in [-0.2, -0.15) is 0 Å². The Balaban J connectivity index is 0.00000169. The summed E-state index contributed by atoms with van der Waals surface area (Å²) in [6.07, 6.45) is 0.661. The topological polar surface area (TPSA) is 37.3 Å². The number of aldehydes is 1. The number of carbonyl (C=O) groups is 1. The summed E-state index contributed by atoms with van der Waals surface area (Å²) in [4.78, 5) is 10.5. The molecule has 1 aromatic rings. The number of quaternary nitrogens is 1. The second-order valence-corrected chi connectivity index (χ2v) is 3.87. The zero-order valence-corrected chi connectivity index (χ0v) is 10.6. The molecule has 1 aromatic carbocycles. The van der Waals surface area contributed by atoms with E-state index in [0.29, 0.717) is 16.3 Å². The maximum absolute atomic E-state index is 10.5. The number of phenols is 1. The first kappa shape index (κ1) is 13.4. The standard InChI is InChI=1S/C10H13NO2.HI/c1-11(2,3)9-4-5-10(13)8(6-9)7-12;/h4-7H,1-3H3;1H. The molecule has 0 aliphatic rings. The lowest BCUT2D eigenvalue weighted by Gasteiger charge is -2.23. The molecule has 0 heterocycles. The monoisotopic (exact) mass is 307 g/mol. The van der Waals surface area contributed by atoms with Gasteiger partial charge in [0.25, 0.3) is 0 Å². The second kappa shape index (κ2) is 4.75. The number of rotatable bonds is 2. The lowest BCUT2D eigenvalue weighted by molar-refractivity contribution is -0.0000107.